The molecule has 12 heteroatoms. The number of anilines is 1. The van der Waals surface area contributed by atoms with E-state index in [0.717, 1.165) is 50.1 Å². The molecule has 0 radical (unpaired) electrons. The number of rotatable bonds is 10. The summed E-state index contributed by atoms with van der Waals surface area (Å²) in [5.41, 5.74) is 2.42. The molecule has 1 fully saturated rings. The number of aromatic nitrogens is 3. The number of piperazine rings is 1. The average molecular weight is 669 g/mol. The molecule has 49 heavy (non-hydrogen) atoms. The van der Waals surface area contributed by atoms with Gasteiger partial charge in [-0.1, -0.05) is 24.3 Å². The molecule has 10 nitrogen and oxygen atoms in total. The van der Waals surface area contributed by atoms with Gasteiger partial charge in [0.15, 0.2) is 23.1 Å². The van der Waals surface area contributed by atoms with E-state index < -0.39 is 23.1 Å². The number of benzene rings is 3. The molecule has 0 aliphatic carbocycles. The molecule has 0 spiro atoms. The molecule has 254 valence electrons. The minimum atomic E-state index is -0.923. The second-order valence-corrected chi connectivity index (χ2v) is 12.5. The maximum Gasteiger partial charge on any atom is 0.259 e. The van der Waals surface area contributed by atoms with E-state index in [2.05, 4.69) is 56.0 Å². The van der Waals surface area contributed by atoms with Crippen LogP contribution < -0.4 is 19.5 Å². The Morgan fingerprint density at radius 3 is 2.10 bits per heavy atom. The lowest BCUT2D eigenvalue weighted by Crippen LogP contribution is -2.58. The Bertz CT molecular complexity index is 1940. The van der Waals surface area contributed by atoms with Gasteiger partial charge in [0.1, 0.15) is 17.1 Å². The Hall–Kier alpha value is -5.20. The molecule has 0 atom stereocenters. The molecule has 6 rings (SSSR count). The molecular formula is C37H38F2N6O4. The zero-order chi connectivity index (χ0) is 34.7. The Labute approximate surface area is 283 Å². The number of nitrogens with one attached hydrogen (secondary N) is 1. The van der Waals surface area contributed by atoms with Gasteiger partial charge in [0, 0.05) is 68.5 Å². The van der Waals surface area contributed by atoms with E-state index >= 15 is 8.78 Å². The molecule has 1 N–H and O–H groups in total. The minimum Gasteiger partial charge on any atom is -0.497 e. The third kappa shape index (κ3) is 7.01. The molecule has 0 saturated carbocycles. The molecule has 3 aromatic carbocycles. The van der Waals surface area contributed by atoms with Crippen molar-refractivity contribution in [3.05, 3.63) is 102 Å². The molecule has 1 saturated heterocycles. The number of carbonyl (C=O) groups is 1. The Morgan fingerprint density at radius 2 is 1.49 bits per heavy atom. The molecule has 1 aliphatic rings. The highest BCUT2D eigenvalue weighted by molar-refractivity contribution is 6.13. The Kier molecular flexibility index (Phi) is 9.70. The van der Waals surface area contributed by atoms with Crippen LogP contribution in [0.1, 0.15) is 35.3 Å². The molecule has 2 aromatic heterocycles. The summed E-state index contributed by atoms with van der Waals surface area (Å²) in [5, 5.41) is 2.81. The third-order valence-corrected chi connectivity index (χ3v) is 8.87. The van der Waals surface area contributed by atoms with Crippen LogP contribution in [0.15, 0.2) is 73.2 Å². The number of halogens is 2. The lowest BCUT2D eigenvalue weighted by molar-refractivity contribution is 0.0103. The van der Waals surface area contributed by atoms with Crippen LogP contribution in [0.5, 0.6) is 17.2 Å². The van der Waals surface area contributed by atoms with Gasteiger partial charge in [-0.2, -0.15) is 0 Å². The van der Waals surface area contributed by atoms with Crippen LogP contribution in [0.4, 0.5) is 14.6 Å². The topological polar surface area (TPSA) is 102 Å². The van der Waals surface area contributed by atoms with E-state index in [1.54, 1.807) is 19.4 Å². The summed E-state index contributed by atoms with van der Waals surface area (Å²) in [5.74, 6) is -1.52. The summed E-state index contributed by atoms with van der Waals surface area (Å²) in [6.07, 6.45) is 4.56. The Morgan fingerprint density at radius 1 is 0.816 bits per heavy atom. The van der Waals surface area contributed by atoms with Crippen molar-refractivity contribution in [1.82, 2.24) is 24.8 Å². The van der Waals surface area contributed by atoms with Crippen molar-refractivity contribution in [1.29, 1.82) is 0 Å². The van der Waals surface area contributed by atoms with Gasteiger partial charge in [-0.3, -0.25) is 24.6 Å². The number of pyridine rings is 1. The maximum absolute atomic E-state index is 15.4. The molecule has 0 unspecified atom stereocenters. The lowest BCUT2D eigenvalue weighted by Gasteiger charge is -2.47. The Balaban J connectivity index is 1.14. The fourth-order valence-electron chi connectivity index (χ4n) is 6.27. The van der Waals surface area contributed by atoms with Gasteiger partial charge in [0.2, 0.25) is 0 Å². The summed E-state index contributed by atoms with van der Waals surface area (Å²) in [7, 11) is 4.23. The summed E-state index contributed by atoms with van der Waals surface area (Å²) in [4.78, 5) is 31.5. The van der Waals surface area contributed by atoms with Crippen LogP contribution >= 0.6 is 0 Å². The highest BCUT2D eigenvalue weighted by Gasteiger charge is 2.33. The molecular weight excluding hydrogens is 630 g/mol. The number of ether oxygens (including phenoxy) is 3. The fourth-order valence-corrected chi connectivity index (χ4v) is 6.27. The van der Waals surface area contributed by atoms with Crippen molar-refractivity contribution in [3.63, 3.8) is 0 Å². The third-order valence-electron chi connectivity index (χ3n) is 8.87. The number of hydrogen-bond donors (Lipinski definition) is 1. The second-order valence-electron chi connectivity index (χ2n) is 12.5. The standard InChI is InChI=1S/C37H38F2N6O4/c1-37(2)22-44(16-17-45(37)21-23-6-9-25(47-3)10-7-23)20-24-8-13-30(42-19-24)43-36(46)27-12-11-26(34-35(27)41-15-14-40-34)31-32(38)28(48-4)18-29(49-5)33(31)39/h6-15,18-19H,16-17,20-22H2,1-5H3,(H,42,43,46). The number of carbonyl (C=O) groups excluding carboxylic acids is 1. The van der Waals surface area contributed by atoms with Crippen LogP contribution in [-0.2, 0) is 13.1 Å². The van der Waals surface area contributed by atoms with Crippen LogP contribution in [-0.4, -0.2) is 77.2 Å². The SMILES string of the molecule is COc1ccc(CN2CCN(Cc3ccc(NC(=O)c4ccc(-c5c(F)c(OC)cc(OC)c5F)c5nccnc45)nc3)CC2(C)C)cc1. The van der Waals surface area contributed by atoms with Crippen molar-refractivity contribution < 1.29 is 27.8 Å². The van der Waals surface area contributed by atoms with Crippen LogP contribution in [0, 0.1) is 11.6 Å². The van der Waals surface area contributed by atoms with Gasteiger partial charge in [-0.05, 0) is 49.2 Å². The second kappa shape index (κ2) is 14.1. The molecule has 3 heterocycles. The molecule has 1 aliphatic heterocycles. The van der Waals surface area contributed by atoms with Gasteiger partial charge in [-0.25, -0.2) is 13.8 Å². The van der Waals surface area contributed by atoms with Gasteiger partial charge >= 0.3 is 0 Å². The fraction of sp³-hybridized carbons (Fsp3) is 0.297. The first-order chi connectivity index (χ1) is 23.6. The summed E-state index contributed by atoms with van der Waals surface area (Å²) in [6.45, 7) is 8.86. The van der Waals surface area contributed by atoms with Gasteiger partial charge < -0.3 is 19.5 Å². The van der Waals surface area contributed by atoms with Gasteiger partial charge in [0.25, 0.3) is 5.91 Å². The normalized spacial score (nSPS) is 14.8. The van der Waals surface area contributed by atoms with Gasteiger partial charge in [-0.15, -0.1) is 0 Å². The number of hydrogen-bond acceptors (Lipinski definition) is 9. The number of amides is 1. The lowest BCUT2D eigenvalue weighted by atomic mass is 9.97. The summed E-state index contributed by atoms with van der Waals surface area (Å²) < 4.78 is 46.3. The highest BCUT2D eigenvalue weighted by Crippen LogP contribution is 2.40. The molecule has 1 amide bonds. The largest absolute Gasteiger partial charge is 0.497 e. The summed E-state index contributed by atoms with van der Waals surface area (Å²) >= 11 is 0. The highest BCUT2D eigenvalue weighted by atomic mass is 19.1. The van der Waals surface area contributed by atoms with Crippen molar-refractivity contribution in [2.24, 2.45) is 0 Å². The van der Waals surface area contributed by atoms with Crippen molar-refractivity contribution in [3.8, 4) is 28.4 Å². The van der Waals surface area contributed by atoms with E-state index in [0.29, 0.717) is 5.82 Å². The maximum atomic E-state index is 15.4. The predicted molar refractivity (Wildman–Crippen MR) is 183 cm³/mol. The van der Waals surface area contributed by atoms with Crippen LogP contribution in [0.25, 0.3) is 22.2 Å². The zero-order valence-corrected chi connectivity index (χ0v) is 28.1. The van der Waals surface area contributed by atoms with Crippen molar-refractivity contribution in [2.45, 2.75) is 32.5 Å². The minimum absolute atomic E-state index is 0.0308. The van der Waals surface area contributed by atoms with Crippen molar-refractivity contribution in [2.75, 3.05) is 46.3 Å². The smallest absolute Gasteiger partial charge is 0.259 e. The quantitative estimate of drug-likeness (QED) is 0.183. The van der Waals surface area contributed by atoms with E-state index in [4.69, 9.17) is 14.2 Å². The van der Waals surface area contributed by atoms with E-state index in [1.807, 2.05) is 18.2 Å². The zero-order valence-electron chi connectivity index (χ0n) is 28.1. The number of nitrogens with zero attached hydrogens (tertiary/aromatic N) is 5. The molecule has 0 bridgehead atoms. The first-order valence-electron chi connectivity index (χ1n) is 15.8. The van der Waals surface area contributed by atoms with Crippen LogP contribution in [0.3, 0.4) is 0 Å². The first kappa shape index (κ1) is 33.7. The van der Waals surface area contributed by atoms with Gasteiger partial charge in [0.05, 0.1) is 38.0 Å². The average Bonchev–Trinajstić information content (AvgIpc) is 3.10. The molecule has 5 aromatic rings. The number of methoxy groups -OCH3 is 3. The van der Waals surface area contributed by atoms with E-state index in [9.17, 15) is 4.79 Å². The van der Waals surface area contributed by atoms with Crippen LogP contribution in [0.2, 0.25) is 0 Å². The summed E-state index contributed by atoms with van der Waals surface area (Å²) in [6, 6.07) is 15.9. The van der Waals surface area contributed by atoms with E-state index in [1.165, 1.54) is 44.3 Å². The predicted octanol–water partition coefficient (Wildman–Crippen LogP) is 6.34. The number of fused-ring (bicyclic) bond motifs is 1. The first-order valence-corrected chi connectivity index (χ1v) is 15.8. The van der Waals surface area contributed by atoms with Crippen molar-refractivity contribution >= 4 is 22.8 Å². The van der Waals surface area contributed by atoms with E-state index in [-0.39, 0.29) is 39.2 Å². The monoisotopic (exact) mass is 668 g/mol.